The lowest BCUT2D eigenvalue weighted by Crippen LogP contribution is -2.27. The number of hydrogen-bond donors (Lipinski definition) is 1. The number of carboxylic acid groups (broad SMARTS) is 1. The molecular weight excluding hydrogens is 415 g/mol. The van der Waals surface area contributed by atoms with Gasteiger partial charge in [0.25, 0.3) is 0 Å². The van der Waals surface area contributed by atoms with E-state index in [-0.39, 0.29) is 11.3 Å². The van der Waals surface area contributed by atoms with E-state index in [2.05, 4.69) is 4.98 Å². The third-order valence-corrected chi connectivity index (χ3v) is 4.17. The Balaban J connectivity index is 2.25. The van der Waals surface area contributed by atoms with Gasteiger partial charge in [0.05, 0.1) is 11.3 Å². The van der Waals surface area contributed by atoms with Crippen LogP contribution >= 0.6 is 11.6 Å². The van der Waals surface area contributed by atoms with Crippen LogP contribution in [0.5, 0.6) is 0 Å². The lowest BCUT2D eigenvalue weighted by atomic mass is 10.1. The van der Waals surface area contributed by atoms with Gasteiger partial charge in [-0.15, -0.1) is 0 Å². The Kier molecular flexibility index (Phi) is 4.86. The van der Waals surface area contributed by atoms with Crippen molar-refractivity contribution in [3.63, 3.8) is 0 Å². The molecule has 154 valence electrons. The van der Waals surface area contributed by atoms with Crippen molar-refractivity contribution in [2.45, 2.75) is 32.5 Å². The van der Waals surface area contributed by atoms with Crippen LogP contribution in [0.15, 0.2) is 30.6 Å². The highest BCUT2D eigenvalue weighted by molar-refractivity contribution is 6.32. The van der Waals surface area contributed by atoms with Gasteiger partial charge in [-0.3, -0.25) is 8.97 Å². The maximum Gasteiger partial charge on any atom is 0.420 e. The predicted octanol–water partition coefficient (Wildman–Crippen LogP) is 4.96. The summed E-state index contributed by atoms with van der Waals surface area (Å²) in [5.74, 6) is -1.56. The topological polar surface area (TPSA) is 85.8 Å². The van der Waals surface area contributed by atoms with E-state index >= 15 is 0 Å². The van der Waals surface area contributed by atoms with Crippen molar-refractivity contribution >= 4 is 29.3 Å². The number of hydrogen-bond acceptors (Lipinski definition) is 4. The number of carbonyl (C=O) groups excluding carboxylic acids is 1. The first-order valence-corrected chi connectivity index (χ1v) is 8.60. The van der Waals surface area contributed by atoms with Crippen molar-refractivity contribution in [3.8, 4) is 11.3 Å². The molecule has 3 rings (SSSR count). The summed E-state index contributed by atoms with van der Waals surface area (Å²) in [6.45, 7) is 4.96. The molecule has 0 radical (unpaired) electrons. The summed E-state index contributed by atoms with van der Waals surface area (Å²) in [7, 11) is 0. The van der Waals surface area contributed by atoms with Gasteiger partial charge in [-0.25, -0.2) is 14.6 Å². The summed E-state index contributed by atoms with van der Waals surface area (Å²) in [6.07, 6.45) is -3.10. The second kappa shape index (κ2) is 6.80. The molecule has 1 N–H and O–H groups in total. The fourth-order valence-electron chi connectivity index (χ4n) is 2.69. The van der Waals surface area contributed by atoms with E-state index in [9.17, 15) is 22.8 Å². The maximum absolute atomic E-state index is 13.6. The number of imidazole rings is 1. The Labute approximate surface area is 167 Å². The van der Waals surface area contributed by atoms with Crippen LogP contribution in [0.4, 0.5) is 18.0 Å². The molecular formula is C18H15ClF3N3O4. The van der Waals surface area contributed by atoms with Gasteiger partial charge in [-0.2, -0.15) is 13.2 Å². The summed E-state index contributed by atoms with van der Waals surface area (Å²) in [5.41, 5.74) is -3.30. The Morgan fingerprint density at radius 2 is 1.90 bits per heavy atom. The molecule has 0 aromatic carbocycles. The van der Waals surface area contributed by atoms with Crippen LogP contribution in [0.25, 0.3) is 16.9 Å². The molecule has 7 nitrogen and oxygen atoms in total. The number of pyridine rings is 1. The van der Waals surface area contributed by atoms with Crippen LogP contribution in [0.3, 0.4) is 0 Å². The number of ether oxygens (including phenoxy) is 1. The van der Waals surface area contributed by atoms with E-state index in [1.54, 1.807) is 20.8 Å². The highest BCUT2D eigenvalue weighted by Crippen LogP contribution is 2.37. The van der Waals surface area contributed by atoms with Crippen molar-refractivity contribution in [1.29, 1.82) is 0 Å². The monoisotopic (exact) mass is 429 g/mol. The van der Waals surface area contributed by atoms with E-state index < -0.39 is 45.9 Å². The lowest BCUT2D eigenvalue weighted by molar-refractivity contribution is -0.136. The molecule has 0 atom stereocenters. The van der Waals surface area contributed by atoms with Crippen molar-refractivity contribution in [2.24, 2.45) is 0 Å². The SMILES string of the molecule is CC(C)(C)OC(=O)n1cccc1-c1cc(C(F)(F)F)c2nc(C(=O)O)c(Cl)n2c1. The minimum atomic E-state index is -4.84. The Bertz CT molecular complexity index is 1130. The molecule has 0 aliphatic heterocycles. The number of carbonyl (C=O) groups is 2. The van der Waals surface area contributed by atoms with Gasteiger partial charge in [-0.1, -0.05) is 11.6 Å². The molecule has 0 bridgehead atoms. The first-order chi connectivity index (χ1) is 13.3. The molecule has 0 aliphatic rings. The number of aromatic nitrogens is 3. The largest absolute Gasteiger partial charge is 0.476 e. The second-order valence-electron chi connectivity index (χ2n) is 7.13. The summed E-state index contributed by atoms with van der Waals surface area (Å²) in [4.78, 5) is 27.2. The first-order valence-electron chi connectivity index (χ1n) is 8.23. The van der Waals surface area contributed by atoms with Gasteiger partial charge in [0, 0.05) is 18.0 Å². The average Bonchev–Trinajstić information content (AvgIpc) is 3.17. The molecule has 0 unspecified atom stereocenters. The van der Waals surface area contributed by atoms with Crippen molar-refractivity contribution in [2.75, 3.05) is 0 Å². The summed E-state index contributed by atoms with van der Waals surface area (Å²) >= 11 is 5.95. The molecule has 29 heavy (non-hydrogen) atoms. The van der Waals surface area contributed by atoms with E-state index in [4.69, 9.17) is 21.4 Å². The first kappa shape index (κ1) is 20.7. The van der Waals surface area contributed by atoms with Crippen LogP contribution in [0, 0.1) is 0 Å². The van der Waals surface area contributed by atoms with Gasteiger partial charge in [0.2, 0.25) is 0 Å². The second-order valence-corrected chi connectivity index (χ2v) is 7.49. The van der Waals surface area contributed by atoms with E-state index in [0.717, 1.165) is 15.0 Å². The Morgan fingerprint density at radius 1 is 1.24 bits per heavy atom. The van der Waals surface area contributed by atoms with Crippen molar-refractivity contribution < 1.29 is 32.6 Å². The molecule has 0 fully saturated rings. The molecule has 3 heterocycles. The number of aromatic carboxylic acids is 1. The molecule has 0 amide bonds. The summed E-state index contributed by atoms with van der Waals surface area (Å²) in [5, 5.41) is 8.64. The van der Waals surface area contributed by atoms with Crippen LogP contribution in [0.2, 0.25) is 5.15 Å². The van der Waals surface area contributed by atoms with Gasteiger partial charge >= 0.3 is 18.2 Å². The van der Waals surface area contributed by atoms with Gasteiger partial charge < -0.3 is 9.84 Å². The molecule has 11 heteroatoms. The van der Waals surface area contributed by atoms with Crippen LogP contribution in [-0.2, 0) is 10.9 Å². The van der Waals surface area contributed by atoms with Gasteiger partial charge in [0.1, 0.15) is 10.8 Å². The Hall–Kier alpha value is -3.01. The number of fused-ring (bicyclic) bond motifs is 1. The molecule has 0 saturated heterocycles. The smallest absolute Gasteiger partial charge is 0.420 e. The van der Waals surface area contributed by atoms with Crippen molar-refractivity contribution in [1.82, 2.24) is 14.0 Å². The van der Waals surface area contributed by atoms with E-state index in [1.807, 2.05) is 0 Å². The van der Waals surface area contributed by atoms with E-state index in [1.165, 1.54) is 24.5 Å². The highest BCUT2D eigenvalue weighted by atomic mass is 35.5. The van der Waals surface area contributed by atoms with Crippen LogP contribution < -0.4 is 0 Å². The van der Waals surface area contributed by atoms with Crippen LogP contribution in [-0.4, -0.2) is 36.7 Å². The fourth-order valence-corrected chi connectivity index (χ4v) is 2.94. The summed E-state index contributed by atoms with van der Waals surface area (Å²) in [6, 6.07) is 3.67. The number of carboxylic acids is 1. The van der Waals surface area contributed by atoms with Crippen LogP contribution in [0.1, 0.15) is 36.8 Å². The zero-order valence-electron chi connectivity index (χ0n) is 15.4. The van der Waals surface area contributed by atoms with Gasteiger partial charge in [0.15, 0.2) is 11.3 Å². The highest BCUT2D eigenvalue weighted by Gasteiger charge is 2.36. The molecule has 0 aliphatic carbocycles. The van der Waals surface area contributed by atoms with Crippen molar-refractivity contribution in [3.05, 3.63) is 47.0 Å². The van der Waals surface area contributed by atoms with E-state index in [0.29, 0.717) is 0 Å². The third-order valence-electron chi connectivity index (χ3n) is 3.80. The molecule has 3 aromatic rings. The normalized spacial score (nSPS) is 12.4. The maximum atomic E-state index is 13.6. The third kappa shape index (κ3) is 3.93. The predicted molar refractivity (Wildman–Crippen MR) is 97.2 cm³/mol. The number of rotatable bonds is 2. The van der Waals surface area contributed by atoms with Gasteiger partial charge in [-0.05, 0) is 39.0 Å². The fraction of sp³-hybridized carbons (Fsp3) is 0.278. The standard InChI is InChI=1S/C18H15ClF3N3O4/c1-17(2,3)29-16(28)24-6-4-5-11(24)9-7-10(18(20,21)22)14-23-12(15(26)27)13(19)25(14)8-9/h4-8H,1-3H3,(H,26,27). The zero-order valence-corrected chi connectivity index (χ0v) is 16.2. The lowest BCUT2D eigenvalue weighted by Gasteiger charge is -2.20. The quantitative estimate of drug-likeness (QED) is 0.622. The summed E-state index contributed by atoms with van der Waals surface area (Å²) < 4.78 is 48.0. The average molecular weight is 430 g/mol. The molecule has 3 aromatic heterocycles. The number of nitrogens with zero attached hydrogens (tertiary/aromatic N) is 3. The minimum Gasteiger partial charge on any atom is -0.476 e. The molecule has 0 spiro atoms. The Morgan fingerprint density at radius 3 is 2.45 bits per heavy atom. The molecule has 0 saturated carbocycles. The minimum absolute atomic E-state index is 0.0306. The number of alkyl halides is 3. The zero-order chi connectivity index (χ0) is 21.7. The number of halogens is 4.